The third-order valence-corrected chi connectivity index (χ3v) is 7.69. The van der Waals surface area contributed by atoms with Crippen LogP contribution in [0, 0.1) is 0 Å². The van der Waals surface area contributed by atoms with Crippen LogP contribution in [0.25, 0.3) is 10.8 Å². The van der Waals surface area contributed by atoms with Crippen molar-refractivity contribution in [2.24, 2.45) is 0 Å². The molecule has 33 heavy (non-hydrogen) atoms. The number of benzene rings is 2. The smallest absolute Gasteiger partial charge is 0.276 e. The van der Waals surface area contributed by atoms with Gasteiger partial charge in [0.25, 0.3) is 11.5 Å². The van der Waals surface area contributed by atoms with E-state index in [9.17, 15) is 18.0 Å². The lowest BCUT2D eigenvalue weighted by Crippen LogP contribution is -2.40. The maximum Gasteiger partial charge on any atom is 0.276 e. The van der Waals surface area contributed by atoms with Gasteiger partial charge in [0.2, 0.25) is 10.0 Å². The fraction of sp³-hybridized carbons (Fsp3) is 0.318. The fourth-order valence-electron chi connectivity index (χ4n) is 3.62. The molecule has 2 heterocycles. The predicted molar refractivity (Wildman–Crippen MR) is 125 cm³/mol. The zero-order valence-corrected chi connectivity index (χ0v) is 19.7. The molecule has 1 aromatic heterocycles. The van der Waals surface area contributed by atoms with Crippen LogP contribution in [-0.2, 0) is 14.8 Å². The van der Waals surface area contributed by atoms with Gasteiger partial charge in [-0.15, -0.1) is 0 Å². The molecule has 1 aliphatic heterocycles. The number of rotatable bonds is 5. The molecule has 1 amide bonds. The van der Waals surface area contributed by atoms with Crippen molar-refractivity contribution in [2.45, 2.75) is 24.8 Å². The molecule has 1 fully saturated rings. The molecule has 2 aromatic carbocycles. The average molecular weight is 491 g/mol. The summed E-state index contributed by atoms with van der Waals surface area (Å²) in [5.74, 6) is -0.572. The number of hydrogen-bond donors (Lipinski definition) is 1. The lowest BCUT2D eigenvalue weighted by atomic mass is 10.1. The van der Waals surface area contributed by atoms with Crippen molar-refractivity contribution in [1.29, 1.82) is 0 Å². The van der Waals surface area contributed by atoms with E-state index in [1.807, 2.05) is 0 Å². The van der Waals surface area contributed by atoms with Crippen LogP contribution in [0.4, 0.5) is 5.69 Å². The molecule has 1 aliphatic rings. The van der Waals surface area contributed by atoms with Crippen LogP contribution in [0.15, 0.2) is 52.2 Å². The van der Waals surface area contributed by atoms with E-state index >= 15 is 0 Å². The van der Waals surface area contributed by atoms with Gasteiger partial charge >= 0.3 is 0 Å². The highest BCUT2D eigenvalue weighted by Gasteiger charge is 2.29. The Kier molecular flexibility index (Phi) is 6.53. The molecule has 0 radical (unpaired) electrons. The Bertz CT molecular complexity index is 1380. The first kappa shape index (κ1) is 23.4. The molecular formula is C22H23ClN4O5S. The van der Waals surface area contributed by atoms with Crippen molar-refractivity contribution >= 4 is 44.0 Å². The van der Waals surface area contributed by atoms with Crippen molar-refractivity contribution < 1.29 is 17.9 Å². The molecule has 0 saturated carbocycles. The number of morpholine rings is 1. The Morgan fingerprint density at radius 3 is 2.45 bits per heavy atom. The van der Waals surface area contributed by atoms with Gasteiger partial charge in [0.05, 0.1) is 29.7 Å². The highest BCUT2D eigenvalue weighted by molar-refractivity contribution is 7.89. The van der Waals surface area contributed by atoms with E-state index < -0.39 is 15.9 Å². The van der Waals surface area contributed by atoms with E-state index in [2.05, 4.69) is 10.4 Å². The molecule has 9 nitrogen and oxygen atoms in total. The number of nitrogens with one attached hydrogen (secondary N) is 1. The summed E-state index contributed by atoms with van der Waals surface area (Å²) in [6, 6.07) is 10.7. The largest absolute Gasteiger partial charge is 0.379 e. The molecule has 174 valence electrons. The van der Waals surface area contributed by atoms with Gasteiger partial charge in [0.1, 0.15) is 4.90 Å². The standard InChI is InChI=1S/C22H23ClN4O5S/c1-14(2)27-22(29)17-6-4-3-5-16(17)20(25-27)21(28)24-15-7-8-18(23)19(13-15)33(30,31)26-9-11-32-12-10-26/h3-8,13-14H,9-12H2,1-2H3,(H,24,28). The number of sulfonamides is 1. The zero-order valence-electron chi connectivity index (χ0n) is 18.1. The predicted octanol–water partition coefficient (Wildman–Crippen LogP) is 2.90. The highest BCUT2D eigenvalue weighted by atomic mass is 35.5. The number of ether oxygens (including phenoxy) is 1. The maximum atomic E-state index is 13.2. The topological polar surface area (TPSA) is 111 Å². The van der Waals surface area contributed by atoms with Gasteiger partial charge in [-0.2, -0.15) is 9.40 Å². The average Bonchev–Trinajstić information content (AvgIpc) is 2.81. The monoisotopic (exact) mass is 490 g/mol. The third kappa shape index (κ3) is 4.51. The van der Waals surface area contributed by atoms with Gasteiger partial charge in [-0.05, 0) is 38.1 Å². The molecule has 3 aromatic rings. The van der Waals surface area contributed by atoms with Crippen LogP contribution < -0.4 is 10.9 Å². The second kappa shape index (κ2) is 9.22. The zero-order chi connectivity index (χ0) is 23.8. The van der Waals surface area contributed by atoms with Crippen molar-refractivity contribution in [2.75, 3.05) is 31.6 Å². The van der Waals surface area contributed by atoms with Gasteiger partial charge in [0, 0.05) is 24.2 Å². The summed E-state index contributed by atoms with van der Waals surface area (Å²) >= 11 is 6.20. The molecular weight excluding hydrogens is 468 g/mol. The Labute approximate surface area is 196 Å². The summed E-state index contributed by atoms with van der Waals surface area (Å²) in [7, 11) is -3.86. The number of hydrogen-bond acceptors (Lipinski definition) is 6. The van der Waals surface area contributed by atoms with Crippen LogP contribution in [0.1, 0.15) is 30.4 Å². The highest BCUT2D eigenvalue weighted by Crippen LogP contribution is 2.28. The molecule has 0 bridgehead atoms. The normalized spacial score (nSPS) is 15.2. The van der Waals surface area contributed by atoms with Gasteiger partial charge in [-0.3, -0.25) is 9.59 Å². The molecule has 0 atom stereocenters. The van der Waals surface area contributed by atoms with Crippen molar-refractivity contribution in [3.63, 3.8) is 0 Å². The van der Waals surface area contributed by atoms with Crippen molar-refractivity contribution in [1.82, 2.24) is 14.1 Å². The van der Waals surface area contributed by atoms with E-state index in [4.69, 9.17) is 16.3 Å². The Hall–Kier alpha value is -2.79. The Morgan fingerprint density at radius 2 is 1.79 bits per heavy atom. The fourth-order valence-corrected chi connectivity index (χ4v) is 5.53. The lowest BCUT2D eigenvalue weighted by molar-refractivity contribution is 0.0730. The van der Waals surface area contributed by atoms with E-state index in [-0.39, 0.29) is 46.0 Å². The van der Waals surface area contributed by atoms with Gasteiger partial charge < -0.3 is 10.1 Å². The maximum absolute atomic E-state index is 13.2. The van der Waals surface area contributed by atoms with E-state index in [0.717, 1.165) is 0 Å². The minimum atomic E-state index is -3.86. The summed E-state index contributed by atoms with van der Waals surface area (Å²) in [4.78, 5) is 25.8. The van der Waals surface area contributed by atoms with Gasteiger partial charge in [0.15, 0.2) is 5.69 Å². The number of amides is 1. The third-order valence-electron chi connectivity index (χ3n) is 5.31. The summed E-state index contributed by atoms with van der Waals surface area (Å²) in [5, 5.41) is 7.81. The number of aromatic nitrogens is 2. The second-order valence-electron chi connectivity index (χ2n) is 7.85. The van der Waals surface area contributed by atoms with Crippen LogP contribution >= 0.6 is 11.6 Å². The minimum absolute atomic E-state index is 0.0522. The SMILES string of the molecule is CC(C)n1nc(C(=O)Nc2ccc(Cl)c(S(=O)(=O)N3CCOCC3)c2)c2ccccc2c1=O. The molecule has 11 heteroatoms. The van der Waals surface area contributed by atoms with Gasteiger partial charge in [-0.25, -0.2) is 13.1 Å². The first-order valence-corrected chi connectivity index (χ1v) is 12.2. The van der Waals surface area contributed by atoms with E-state index in [1.54, 1.807) is 38.1 Å². The van der Waals surface area contributed by atoms with Gasteiger partial charge in [-0.1, -0.05) is 29.8 Å². The number of carbonyl (C=O) groups is 1. The van der Waals surface area contributed by atoms with Crippen LogP contribution in [-0.4, -0.2) is 54.7 Å². The number of fused-ring (bicyclic) bond motifs is 1. The number of anilines is 1. The van der Waals surface area contributed by atoms with Crippen molar-refractivity contribution in [3.8, 4) is 0 Å². The van der Waals surface area contributed by atoms with Crippen molar-refractivity contribution in [3.05, 3.63) is 63.5 Å². The minimum Gasteiger partial charge on any atom is -0.379 e. The summed E-state index contributed by atoms with van der Waals surface area (Å²) in [5.41, 5.74) is 0.0124. The number of nitrogens with zero attached hydrogens (tertiary/aromatic N) is 3. The molecule has 1 N–H and O–H groups in total. The lowest BCUT2D eigenvalue weighted by Gasteiger charge is -2.26. The first-order valence-electron chi connectivity index (χ1n) is 10.4. The number of carbonyl (C=O) groups excluding carboxylic acids is 1. The molecule has 0 unspecified atom stereocenters. The Morgan fingerprint density at radius 1 is 1.12 bits per heavy atom. The molecule has 4 rings (SSSR count). The Balaban J connectivity index is 1.72. The molecule has 1 saturated heterocycles. The quantitative estimate of drug-likeness (QED) is 0.588. The summed E-state index contributed by atoms with van der Waals surface area (Å²) in [6.45, 7) is 4.65. The second-order valence-corrected chi connectivity index (χ2v) is 10.2. The van der Waals surface area contributed by atoms with Crippen LogP contribution in [0.2, 0.25) is 5.02 Å². The first-order chi connectivity index (χ1) is 15.7. The molecule has 0 aliphatic carbocycles. The summed E-state index contributed by atoms with van der Waals surface area (Å²) < 4.78 is 33.9. The van der Waals surface area contributed by atoms with Crippen LogP contribution in [0.5, 0.6) is 0 Å². The number of halogens is 1. The van der Waals surface area contributed by atoms with E-state index in [0.29, 0.717) is 24.0 Å². The van der Waals surface area contributed by atoms with E-state index in [1.165, 1.54) is 27.2 Å². The summed E-state index contributed by atoms with van der Waals surface area (Å²) in [6.07, 6.45) is 0. The molecule has 0 spiro atoms. The van der Waals surface area contributed by atoms with Crippen LogP contribution in [0.3, 0.4) is 0 Å².